The van der Waals surface area contributed by atoms with Gasteiger partial charge in [-0.2, -0.15) is 0 Å². The van der Waals surface area contributed by atoms with Crippen LogP contribution in [0.25, 0.3) is 0 Å². The minimum atomic E-state index is -0.396. The quantitative estimate of drug-likeness (QED) is 0.909. The maximum absolute atomic E-state index is 11.2. The van der Waals surface area contributed by atoms with Crippen LogP contribution in [0.5, 0.6) is 0 Å². The summed E-state index contributed by atoms with van der Waals surface area (Å²) in [6, 6.07) is 4.65. The molecule has 5 heteroatoms. The van der Waals surface area contributed by atoms with E-state index in [2.05, 4.69) is 0 Å². The zero-order valence-corrected chi connectivity index (χ0v) is 10.6. The summed E-state index contributed by atoms with van der Waals surface area (Å²) in [5, 5.41) is 10.2. The molecule has 0 spiro atoms. The smallest absolute Gasteiger partial charge is 0.219 e. The average molecular weight is 262 g/mol. The van der Waals surface area contributed by atoms with Gasteiger partial charge < -0.3 is 10.0 Å². The number of aliphatic hydroxyl groups is 1. The Kier molecular flexibility index (Phi) is 4.59. The van der Waals surface area contributed by atoms with Crippen molar-refractivity contribution in [2.75, 3.05) is 13.7 Å². The standard InChI is InChI=1S/C11H13Cl2NO2/c1-7(16)14(2)11(6-15)8-3-4-9(12)10(13)5-8/h3-5,11,15H,6H2,1-2H3. The molecule has 0 saturated carbocycles. The van der Waals surface area contributed by atoms with E-state index in [4.69, 9.17) is 23.2 Å². The van der Waals surface area contributed by atoms with Crippen molar-refractivity contribution in [2.45, 2.75) is 13.0 Å². The molecule has 1 unspecified atom stereocenters. The topological polar surface area (TPSA) is 40.5 Å². The molecule has 1 rings (SSSR count). The summed E-state index contributed by atoms with van der Waals surface area (Å²) in [4.78, 5) is 12.7. The molecule has 0 radical (unpaired) electrons. The molecule has 0 saturated heterocycles. The highest BCUT2D eigenvalue weighted by molar-refractivity contribution is 6.42. The minimum Gasteiger partial charge on any atom is -0.394 e. The zero-order chi connectivity index (χ0) is 12.3. The third kappa shape index (κ3) is 2.88. The van der Waals surface area contributed by atoms with Gasteiger partial charge in [0.1, 0.15) is 0 Å². The lowest BCUT2D eigenvalue weighted by Crippen LogP contribution is -2.31. The first-order chi connectivity index (χ1) is 7.47. The van der Waals surface area contributed by atoms with Crippen molar-refractivity contribution in [3.8, 4) is 0 Å². The summed E-state index contributed by atoms with van der Waals surface area (Å²) in [5.41, 5.74) is 0.759. The first-order valence-corrected chi connectivity index (χ1v) is 5.52. The van der Waals surface area contributed by atoms with Crippen molar-refractivity contribution in [2.24, 2.45) is 0 Å². The Morgan fingerprint density at radius 2 is 2.06 bits per heavy atom. The molecule has 0 aromatic heterocycles. The molecule has 1 aromatic rings. The number of carbonyl (C=O) groups excluding carboxylic acids is 1. The first-order valence-electron chi connectivity index (χ1n) is 4.76. The molecule has 0 aliphatic rings. The van der Waals surface area contributed by atoms with Crippen LogP contribution in [0, 0.1) is 0 Å². The maximum atomic E-state index is 11.2. The van der Waals surface area contributed by atoms with E-state index in [-0.39, 0.29) is 12.5 Å². The highest BCUT2D eigenvalue weighted by Crippen LogP contribution is 2.27. The van der Waals surface area contributed by atoms with Gasteiger partial charge in [0.25, 0.3) is 0 Å². The van der Waals surface area contributed by atoms with Crippen molar-refractivity contribution < 1.29 is 9.90 Å². The molecule has 16 heavy (non-hydrogen) atoms. The first kappa shape index (κ1) is 13.3. The number of benzene rings is 1. The fourth-order valence-electron chi connectivity index (χ4n) is 1.39. The number of hydrogen-bond acceptors (Lipinski definition) is 2. The Labute approximate surface area is 105 Å². The van der Waals surface area contributed by atoms with Crippen LogP contribution < -0.4 is 0 Å². The largest absolute Gasteiger partial charge is 0.394 e. The normalized spacial score (nSPS) is 12.3. The van der Waals surface area contributed by atoms with Gasteiger partial charge in [0.2, 0.25) is 5.91 Å². The molecule has 1 amide bonds. The lowest BCUT2D eigenvalue weighted by molar-refractivity contribution is -0.130. The second kappa shape index (κ2) is 5.53. The van der Waals surface area contributed by atoms with Crippen LogP contribution in [0.1, 0.15) is 18.5 Å². The van der Waals surface area contributed by atoms with E-state index in [0.29, 0.717) is 10.0 Å². The van der Waals surface area contributed by atoms with Crippen molar-refractivity contribution in [1.29, 1.82) is 0 Å². The number of amides is 1. The number of rotatable bonds is 3. The summed E-state index contributed by atoms with van der Waals surface area (Å²) in [5.74, 6) is -0.120. The number of carbonyl (C=O) groups is 1. The van der Waals surface area contributed by atoms with Crippen LogP contribution in [0.2, 0.25) is 10.0 Å². The SMILES string of the molecule is CC(=O)N(C)C(CO)c1ccc(Cl)c(Cl)c1. The van der Waals surface area contributed by atoms with E-state index in [0.717, 1.165) is 5.56 Å². The van der Waals surface area contributed by atoms with Crippen LogP contribution in [-0.2, 0) is 4.79 Å². The predicted octanol–water partition coefficient (Wildman–Crippen LogP) is 2.51. The third-order valence-corrected chi connectivity index (χ3v) is 3.20. The lowest BCUT2D eigenvalue weighted by Gasteiger charge is -2.26. The molecule has 0 aliphatic heterocycles. The highest BCUT2D eigenvalue weighted by atomic mass is 35.5. The van der Waals surface area contributed by atoms with Crippen LogP contribution in [0.4, 0.5) is 0 Å². The van der Waals surface area contributed by atoms with Crippen LogP contribution >= 0.6 is 23.2 Å². The molecular formula is C11H13Cl2NO2. The van der Waals surface area contributed by atoms with Gasteiger partial charge in [-0.3, -0.25) is 4.79 Å². The molecule has 1 atom stereocenters. The average Bonchev–Trinajstić information content (AvgIpc) is 2.24. The molecule has 1 N–H and O–H groups in total. The molecule has 0 bridgehead atoms. The van der Waals surface area contributed by atoms with Crippen LogP contribution in [0.3, 0.4) is 0 Å². The Balaban J connectivity index is 3.04. The van der Waals surface area contributed by atoms with Gasteiger partial charge in [-0.05, 0) is 17.7 Å². The van der Waals surface area contributed by atoms with Crippen LogP contribution in [-0.4, -0.2) is 29.6 Å². The molecule has 0 heterocycles. The number of nitrogens with zero attached hydrogens (tertiary/aromatic N) is 1. The molecule has 3 nitrogen and oxygen atoms in total. The summed E-state index contributed by atoms with van der Waals surface area (Å²) in [6.45, 7) is 1.29. The van der Waals surface area contributed by atoms with Gasteiger partial charge >= 0.3 is 0 Å². The third-order valence-electron chi connectivity index (χ3n) is 2.47. The monoisotopic (exact) mass is 261 g/mol. The van der Waals surface area contributed by atoms with Gasteiger partial charge in [0.05, 0.1) is 22.7 Å². The van der Waals surface area contributed by atoms with Gasteiger partial charge in [-0.1, -0.05) is 29.3 Å². The Bertz CT molecular complexity index is 396. The number of likely N-dealkylation sites (N-methyl/N-ethyl adjacent to an activating group) is 1. The molecule has 88 valence electrons. The van der Waals surface area contributed by atoms with Crippen molar-refractivity contribution in [3.05, 3.63) is 33.8 Å². The van der Waals surface area contributed by atoms with E-state index in [1.807, 2.05) is 0 Å². The Morgan fingerprint density at radius 3 is 2.50 bits per heavy atom. The second-order valence-corrected chi connectivity index (χ2v) is 4.32. The number of aliphatic hydroxyl groups excluding tert-OH is 1. The van der Waals surface area contributed by atoms with E-state index in [9.17, 15) is 9.90 Å². The molecule has 0 fully saturated rings. The Hall–Kier alpha value is -0.770. The predicted molar refractivity (Wildman–Crippen MR) is 64.7 cm³/mol. The summed E-state index contributed by atoms with van der Waals surface area (Å²) >= 11 is 11.7. The fraction of sp³-hybridized carbons (Fsp3) is 0.364. The van der Waals surface area contributed by atoms with Gasteiger partial charge in [-0.15, -0.1) is 0 Å². The van der Waals surface area contributed by atoms with E-state index in [1.165, 1.54) is 11.8 Å². The van der Waals surface area contributed by atoms with Crippen molar-refractivity contribution >= 4 is 29.1 Å². The summed E-state index contributed by atoms with van der Waals surface area (Å²) in [7, 11) is 1.63. The number of halogens is 2. The van der Waals surface area contributed by atoms with E-state index in [1.54, 1.807) is 25.2 Å². The van der Waals surface area contributed by atoms with Crippen molar-refractivity contribution in [3.63, 3.8) is 0 Å². The van der Waals surface area contributed by atoms with Crippen molar-refractivity contribution in [1.82, 2.24) is 4.90 Å². The highest BCUT2D eigenvalue weighted by Gasteiger charge is 2.18. The maximum Gasteiger partial charge on any atom is 0.219 e. The van der Waals surface area contributed by atoms with Crippen LogP contribution in [0.15, 0.2) is 18.2 Å². The van der Waals surface area contributed by atoms with E-state index < -0.39 is 6.04 Å². The lowest BCUT2D eigenvalue weighted by atomic mass is 10.1. The molecular weight excluding hydrogens is 249 g/mol. The minimum absolute atomic E-state index is 0.120. The second-order valence-electron chi connectivity index (χ2n) is 3.50. The summed E-state index contributed by atoms with van der Waals surface area (Å²) in [6.07, 6.45) is 0. The van der Waals surface area contributed by atoms with Gasteiger partial charge in [0, 0.05) is 14.0 Å². The fourth-order valence-corrected chi connectivity index (χ4v) is 1.70. The van der Waals surface area contributed by atoms with Gasteiger partial charge in [-0.25, -0.2) is 0 Å². The molecule has 1 aromatic carbocycles. The zero-order valence-electron chi connectivity index (χ0n) is 9.08. The van der Waals surface area contributed by atoms with E-state index >= 15 is 0 Å². The Morgan fingerprint density at radius 1 is 1.44 bits per heavy atom. The molecule has 0 aliphatic carbocycles. The summed E-state index contributed by atoms with van der Waals surface area (Å²) < 4.78 is 0. The van der Waals surface area contributed by atoms with Gasteiger partial charge in [0.15, 0.2) is 0 Å². The number of hydrogen-bond donors (Lipinski definition) is 1.